The zero-order valence-electron chi connectivity index (χ0n) is 11.5. The van der Waals surface area contributed by atoms with Crippen LogP contribution in [0.2, 0.25) is 0 Å². The van der Waals surface area contributed by atoms with Crippen LogP contribution < -0.4 is 15.2 Å². The molecule has 0 spiro atoms. The summed E-state index contributed by atoms with van der Waals surface area (Å²) in [6.45, 7) is 5.57. The van der Waals surface area contributed by atoms with E-state index in [0.717, 1.165) is 22.6 Å². The van der Waals surface area contributed by atoms with Crippen LogP contribution in [-0.2, 0) is 6.54 Å². The number of hydrogen-bond donors (Lipinski definition) is 1. The number of aromatic nitrogens is 2. The minimum absolute atomic E-state index is 0.231. The lowest BCUT2D eigenvalue weighted by Gasteiger charge is -2.21. The standard InChI is InChI=1S/C14H17N3O3/c1-8(2)9-5-11-12(19-4-3-18-11)6-10(9)14-16-13(7-15)20-17-14/h5-6,8H,3-4,7,15H2,1-2H3. The Balaban J connectivity index is 2.12. The predicted octanol–water partition coefficient (Wildman–Crippen LogP) is 2.09. The van der Waals surface area contributed by atoms with Crippen molar-refractivity contribution in [1.82, 2.24) is 10.1 Å². The van der Waals surface area contributed by atoms with E-state index < -0.39 is 0 Å². The van der Waals surface area contributed by atoms with E-state index in [2.05, 4.69) is 24.0 Å². The average molecular weight is 275 g/mol. The van der Waals surface area contributed by atoms with Gasteiger partial charge in [-0.05, 0) is 23.6 Å². The van der Waals surface area contributed by atoms with Crippen LogP contribution in [0.5, 0.6) is 11.5 Å². The number of nitrogens with zero attached hydrogens (tertiary/aromatic N) is 2. The van der Waals surface area contributed by atoms with Gasteiger partial charge in [-0.2, -0.15) is 4.98 Å². The quantitative estimate of drug-likeness (QED) is 0.923. The Hall–Kier alpha value is -2.08. The van der Waals surface area contributed by atoms with Gasteiger partial charge in [0, 0.05) is 5.56 Å². The van der Waals surface area contributed by atoms with Crippen LogP contribution in [0.4, 0.5) is 0 Å². The molecular weight excluding hydrogens is 258 g/mol. The molecule has 3 rings (SSSR count). The highest BCUT2D eigenvalue weighted by Crippen LogP contribution is 2.39. The predicted molar refractivity (Wildman–Crippen MR) is 72.7 cm³/mol. The molecule has 6 nitrogen and oxygen atoms in total. The van der Waals surface area contributed by atoms with Crippen LogP contribution in [-0.4, -0.2) is 23.4 Å². The van der Waals surface area contributed by atoms with E-state index in [1.165, 1.54) is 0 Å². The summed E-state index contributed by atoms with van der Waals surface area (Å²) in [4.78, 5) is 4.29. The molecule has 0 saturated heterocycles. The Kier molecular flexibility index (Phi) is 3.31. The summed E-state index contributed by atoms with van der Waals surface area (Å²) in [7, 11) is 0. The molecule has 2 aromatic rings. The fraction of sp³-hybridized carbons (Fsp3) is 0.429. The molecule has 0 unspecified atom stereocenters. The van der Waals surface area contributed by atoms with Gasteiger partial charge in [-0.15, -0.1) is 0 Å². The Morgan fingerprint density at radius 1 is 1.20 bits per heavy atom. The van der Waals surface area contributed by atoms with E-state index in [4.69, 9.17) is 19.7 Å². The zero-order valence-corrected chi connectivity index (χ0v) is 11.5. The van der Waals surface area contributed by atoms with Gasteiger partial charge in [-0.25, -0.2) is 0 Å². The van der Waals surface area contributed by atoms with Gasteiger partial charge in [0.15, 0.2) is 11.5 Å². The molecule has 2 N–H and O–H groups in total. The van der Waals surface area contributed by atoms with Crippen LogP contribution in [0, 0.1) is 0 Å². The molecule has 1 aromatic heterocycles. The highest BCUT2D eigenvalue weighted by atomic mass is 16.6. The van der Waals surface area contributed by atoms with Gasteiger partial charge in [-0.1, -0.05) is 19.0 Å². The maximum atomic E-state index is 5.62. The Morgan fingerprint density at radius 2 is 1.90 bits per heavy atom. The largest absolute Gasteiger partial charge is 0.486 e. The molecule has 0 aliphatic carbocycles. The van der Waals surface area contributed by atoms with Crippen LogP contribution in [0.25, 0.3) is 11.4 Å². The second kappa shape index (κ2) is 5.13. The summed E-state index contributed by atoms with van der Waals surface area (Å²) in [6, 6.07) is 3.90. The Bertz CT molecular complexity index is 622. The van der Waals surface area contributed by atoms with Gasteiger partial charge in [0.2, 0.25) is 11.7 Å². The lowest BCUT2D eigenvalue weighted by Crippen LogP contribution is -2.16. The number of nitrogens with two attached hydrogens (primary N) is 1. The van der Waals surface area contributed by atoms with Crippen LogP contribution in [0.15, 0.2) is 16.7 Å². The van der Waals surface area contributed by atoms with Gasteiger partial charge >= 0.3 is 0 Å². The summed E-state index contributed by atoms with van der Waals surface area (Å²) >= 11 is 0. The lowest BCUT2D eigenvalue weighted by atomic mass is 9.96. The molecule has 0 amide bonds. The third-order valence-electron chi connectivity index (χ3n) is 3.22. The molecule has 1 aromatic carbocycles. The highest BCUT2D eigenvalue weighted by molar-refractivity contribution is 5.66. The first-order valence-electron chi connectivity index (χ1n) is 6.65. The summed E-state index contributed by atoms with van der Waals surface area (Å²) < 4.78 is 16.3. The molecule has 106 valence electrons. The second-order valence-corrected chi connectivity index (χ2v) is 4.95. The van der Waals surface area contributed by atoms with Crippen LogP contribution in [0.1, 0.15) is 31.2 Å². The van der Waals surface area contributed by atoms with Crippen molar-refractivity contribution in [2.75, 3.05) is 13.2 Å². The second-order valence-electron chi connectivity index (χ2n) is 4.95. The van der Waals surface area contributed by atoms with Gasteiger partial charge in [0.05, 0.1) is 6.54 Å². The number of hydrogen-bond acceptors (Lipinski definition) is 6. The van der Waals surface area contributed by atoms with E-state index in [9.17, 15) is 0 Å². The molecule has 0 radical (unpaired) electrons. The summed E-state index contributed by atoms with van der Waals surface area (Å²) in [5.74, 6) is 2.75. The minimum atomic E-state index is 0.231. The van der Waals surface area contributed by atoms with Crippen molar-refractivity contribution in [2.45, 2.75) is 26.3 Å². The van der Waals surface area contributed by atoms with Crippen molar-refractivity contribution in [3.63, 3.8) is 0 Å². The summed E-state index contributed by atoms with van der Waals surface area (Å²) in [5, 5.41) is 3.99. The zero-order chi connectivity index (χ0) is 14.1. The molecule has 0 atom stereocenters. The van der Waals surface area contributed by atoms with Gasteiger partial charge in [0.1, 0.15) is 13.2 Å². The first-order valence-corrected chi connectivity index (χ1v) is 6.65. The van der Waals surface area contributed by atoms with Gasteiger partial charge in [-0.3, -0.25) is 0 Å². The average Bonchev–Trinajstić information content (AvgIpc) is 2.94. The van der Waals surface area contributed by atoms with E-state index in [-0.39, 0.29) is 6.54 Å². The number of fused-ring (bicyclic) bond motifs is 1. The van der Waals surface area contributed by atoms with Crippen molar-refractivity contribution < 1.29 is 14.0 Å². The molecule has 0 saturated carbocycles. The van der Waals surface area contributed by atoms with Crippen molar-refractivity contribution in [3.05, 3.63) is 23.6 Å². The fourth-order valence-electron chi connectivity index (χ4n) is 2.22. The number of rotatable bonds is 3. The first-order chi connectivity index (χ1) is 9.69. The van der Waals surface area contributed by atoms with Crippen molar-refractivity contribution >= 4 is 0 Å². The third kappa shape index (κ3) is 2.22. The molecule has 0 fully saturated rings. The van der Waals surface area contributed by atoms with Gasteiger partial charge < -0.3 is 19.7 Å². The maximum absolute atomic E-state index is 5.62. The molecule has 20 heavy (non-hydrogen) atoms. The monoisotopic (exact) mass is 275 g/mol. The Morgan fingerprint density at radius 3 is 2.50 bits per heavy atom. The van der Waals surface area contributed by atoms with Crippen LogP contribution >= 0.6 is 0 Å². The molecule has 2 heterocycles. The summed E-state index contributed by atoms with van der Waals surface area (Å²) in [6.07, 6.45) is 0. The number of ether oxygens (including phenoxy) is 2. The van der Waals surface area contributed by atoms with Crippen molar-refractivity contribution in [3.8, 4) is 22.9 Å². The highest BCUT2D eigenvalue weighted by Gasteiger charge is 2.21. The van der Waals surface area contributed by atoms with E-state index in [1.54, 1.807) is 0 Å². The molecule has 1 aliphatic rings. The molecule has 0 bridgehead atoms. The first kappa shape index (κ1) is 12.9. The molecule has 6 heteroatoms. The van der Waals surface area contributed by atoms with Crippen LogP contribution in [0.3, 0.4) is 0 Å². The fourth-order valence-corrected chi connectivity index (χ4v) is 2.22. The maximum Gasteiger partial charge on any atom is 0.240 e. The minimum Gasteiger partial charge on any atom is -0.486 e. The van der Waals surface area contributed by atoms with E-state index >= 15 is 0 Å². The molecular formula is C14H17N3O3. The number of benzene rings is 1. The topological polar surface area (TPSA) is 83.4 Å². The lowest BCUT2D eigenvalue weighted by molar-refractivity contribution is 0.171. The third-order valence-corrected chi connectivity index (χ3v) is 3.22. The van der Waals surface area contributed by atoms with E-state index in [0.29, 0.717) is 30.8 Å². The van der Waals surface area contributed by atoms with Crippen molar-refractivity contribution in [2.24, 2.45) is 5.73 Å². The SMILES string of the molecule is CC(C)c1cc2c(cc1-c1noc(CN)n1)OCCO2. The molecule has 1 aliphatic heterocycles. The van der Waals surface area contributed by atoms with Gasteiger partial charge in [0.25, 0.3) is 0 Å². The van der Waals surface area contributed by atoms with Crippen molar-refractivity contribution in [1.29, 1.82) is 0 Å². The van der Waals surface area contributed by atoms with E-state index in [1.807, 2.05) is 12.1 Å². The smallest absolute Gasteiger partial charge is 0.240 e. The summed E-state index contributed by atoms with van der Waals surface area (Å²) in [5.41, 5.74) is 7.50. The Labute approximate surface area is 116 Å². The normalized spacial score (nSPS) is 13.8.